The average Bonchev–Trinajstić information content (AvgIpc) is 3.19. The van der Waals surface area contributed by atoms with Gasteiger partial charge in [0.25, 0.3) is 5.91 Å². The van der Waals surface area contributed by atoms with Crippen LogP contribution in [0.3, 0.4) is 0 Å². The fourth-order valence-electron chi connectivity index (χ4n) is 4.52. The molecule has 2 saturated heterocycles. The van der Waals surface area contributed by atoms with Gasteiger partial charge >= 0.3 is 0 Å². The number of nitrogens with one attached hydrogen (secondary N) is 1. The molecule has 3 aromatic rings. The van der Waals surface area contributed by atoms with Crippen molar-refractivity contribution in [1.82, 2.24) is 23.9 Å². The first-order chi connectivity index (χ1) is 17.3. The fraction of sp³-hybridized carbons (Fsp3) is 0.429. The van der Waals surface area contributed by atoms with Crippen molar-refractivity contribution in [2.45, 2.75) is 18.1 Å². The molecule has 2 fully saturated rings. The Morgan fingerprint density at radius 3 is 2.56 bits per heavy atom. The summed E-state index contributed by atoms with van der Waals surface area (Å²) in [4.78, 5) is 22.4. The second kappa shape index (κ2) is 9.55. The van der Waals surface area contributed by atoms with Crippen LogP contribution >= 0.6 is 0 Å². The van der Waals surface area contributed by atoms with Gasteiger partial charge in [0.2, 0.25) is 10.0 Å². The first kappa shape index (κ1) is 24.3. The van der Waals surface area contributed by atoms with Crippen LogP contribution in [0.2, 0.25) is 0 Å². The number of rotatable bonds is 5. The molecule has 3 aromatic heterocycles. The summed E-state index contributed by atoms with van der Waals surface area (Å²) < 4.78 is 62.2. The number of piperazine rings is 1. The Hall–Kier alpha value is -3.43. The van der Waals surface area contributed by atoms with E-state index in [2.05, 4.69) is 20.4 Å². The van der Waals surface area contributed by atoms with Gasteiger partial charge in [0.1, 0.15) is 11.3 Å². The number of pyridine rings is 1. The first-order valence-electron chi connectivity index (χ1n) is 11.3. The molecular weight excluding hydrogens is 498 g/mol. The van der Waals surface area contributed by atoms with Gasteiger partial charge in [-0.25, -0.2) is 26.7 Å². The summed E-state index contributed by atoms with van der Waals surface area (Å²) in [6, 6.07) is 0. The number of nitrogens with two attached hydrogens (primary N) is 1. The van der Waals surface area contributed by atoms with Gasteiger partial charge in [-0.05, 0) is 12.8 Å². The van der Waals surface area contributed by atoms with Crippen LogP contribution in [-0.4, -0.2) is 82.9 Å². The minimum Gasteiger partial charge on any atom is -0.381 e. The van der Waals surface area contributed by atoms with Crippen LogP contribution < -0.4 is 16.0 Å². The SMILES string of the molecule is Nc1nn2cc(F)cnc2c1C(=O)Nc1cncc(F)c1N1CCN(S(=O)(=O)C2CCOCC2)CC1. The number of amides is 1. The molecule has 0 radical (unpaired) electrons. The van der Waals surface area contributed by atoms with Crippen molar-refractivity contribution in [2.75, 3.05) is 55.3 Å². The Labute approximate surface area is 205 Å². The van der Waals surface area contributed by atoms with Crippen molar-refractivity contribution in [2.24, 2.45) is 0 Å². The molecule has 0 atom stereocenters. The van der Waals surface area contributed by atoms with Crippen LogP contribution in [0.25, 0.3) is 5.65 Å². The molecule has 5 heterocycles. The second-order valence-corrected chi connectivity index (χ2v) is 10.7. The van der Waals surface area contributed by atoms with E-state index in [1.54, 1.807) is 4.90 Å². The highest BCUT2D eigenvalue weighted by Gasteiger charge is 2.36. The largest absolute Gasteiger partial charge is 0.381 e. The molecule has 5 rings (SSSR count). The summed E-state index contributed by atoms with van der Waals surface area (Å²) in [5, 5.41) is 6.01. The van der Waals surface area contributed by atoms with E-state index in [4.69, 9.17) is 10.5 Å². The zero-order valence-corrected chi connectivity index (χ0v) is 19.9. The number of ether oxygens (including phenoxy) is 1. The predicted octanol–water partition coefficient (Wildman–Crippen LogP) is 0.868. The molecule has 15 heteroatoms. The number of anilines is 3. The number of halogens is 2. The highest BCUT2D eigenvalue weighted by Crippen LogP contribution is 2.31. The summed E-state index contributed by atoms with van der Waals surface area (Å²) >= 11 is 0. The maximum atomic E-state index is 14.9. The lowest BCUT2D eigenvalue weighted by molar-refractivity contribution is 0.0971. The van der Waals surface area contributed by atoms with E-state index in [0.29, 0.717) is 26.1 Å². The van der Waals surface area contributed by atoms with Gasteiger partial charge in [-0.15, -0.1) is 5.10 Å². The van der Waals surface area contributed by atoms with Gasteiger partial charge in [0.15, 0.2) is 23.1 Å². The van der Waals surface area contributed by atoms with Crippen molar-refractivity contribution in [3.63, 3.8) is 0 Å². The third-order valence-electron chi connectivity index (χ3n) is 6.32. The standard InChI is InChI=1S/C21H24F2N8O4S/c22-13-9-26-20-17(19(24)28-31(20)12-13)21(32)27-16-11-25-10-15(23)18(16)29-3-5-30(6-4-29)36(33,34)14-1-7-35-8-2-14/h9-12,14H,1-8H2,(H2,24,28)(H,27,32). The number of nitrogens with zero attached hydrogens (tertiary/aromatic N) is 6. The van der Waals surface area contributed by atoms with E-state index in [1.165, 1.54) is 10.5 Å². The summed E-state index contributed by atoms with van der Waals surface area (Å²) in [6.45, 7) is 1.60. The van der Waals surface area contributed by atoms with Crippen molar-refractivity contribution in [1.29, 1.82) is 0 Å². The van der Waals surface area contributed by atoms with Crippen LogP contribution in [0, 0.1) is 11.6 Å². The zero-order chi connectivity index (χ0) is 25.4. The molecule has 12 nitrogen and oxygen atoms in total. The molecule has 0 unspecified atom stereocenters. The fourth-order valence-corrected chi connectivity index (χ4v) is 6.41. The van der Waals surface area contributed by atoms with Gasteiger partial charge in [0, 0.05) is 39.4 Å². The average molecular weight is 523 g/mol. The summed E-state index contributed by atoms with van der Waals surface area (Å²) in [6.07, 6.45) is 5.16. The third-order valence-corrected chi connectivity index (χ3v) is 8.72. The molecule has 0 bridgehead atoms. The molecule has 0 saturated carbocycles. The number of sulfonamides is 1. The van der Waals surface area contributed by atoms with Crippen molar-refractivity contribution in [3.05, 3.63) is 42.0 Å². The lowest BCUT2D eigenvalue weighted by atomic mass is 10.2. The van der Waals surface area contributed by atoms with Gasteiger partial charge in [0.05, 0.1) is 35.7 Å². The van der Waals surface area contributed by atoms with Crippen LogP contribution in [-0.2, 0) is 14.8 Å². The number of carbonyl (C=O) groups excluding carboxylic acids is 1. The number of carbonyl (C=O) groups is 1. The van der Waals surface area contributed by atoms with E-state index in [1.807, 2.05) is 0 Å². The molecule has 3 N–H and O–H groups in total. The Bertz CT molecular complexity index is 1400. The lowest BCUT2D eigenvalue weighted by Gasteiger charge is -2.38. The van der Waals surface area contributed by atoms with Gasteiger partial charge in [-0.3, -0.25) is 9.78 Å². The molecule has 0 aliphatic carbocycles. The number of nitrogen functional groups attached to an aromatic ring is 1. The summed E-state index contributed by atoms with van der Waals surface area (Å²) in [5.74, 6) is -2.24. The van der Waals surface area contributed by atoms with E-state index in [-0.39, 0.29) is 54.6 Å². The van der Waals surface area contributed by atoms with Gasteiger partial charge in [-0.2, -0.15) is 4.31 Å². The Kier molecular flexibility index (Phi) is 6.44. The monoisotopic (exact) mass is 522 g/mol. The Morgan fingerprint density at radius 2 is 1.83 bits per heavy atom. The molecular formula is C21H24F2N8O4S. The quantitative estimate of drug-likeness (QED) is 0.498. The van der Waals surface area contributed by atoms with Crippen LogP contribution in [0.4, 0.5) is 26.0 Å². The summed E-state index contributed by atoms with van der Waals surface area (Å²) in [7, 11) is -3.49. The number of hydrogen-bond acceptors (Lipinski definition) is 9. The van der Waals surface area contributed by atoms with Crippen molar-refractivity contribution in [3.8, 4) is 0 Å². The van der Waals surface area contributed by atoms with Crippen molar-refractivity contribution < 1.29 is 26.7 Å². The molecule has 2 aliphatic heterocycles. The highest BCUT2D eigenvalue weighted by atomic mass is 32.2. The molecule has 0 spiro atoms. The van der Waals surface area contributed by atoms with E-state index < -0.39 is 32.8 Å². The molecule has 0 aromatic carbocycles. The van der Waals surface area contributed by atoms with E-state index in [9.17, 15) is 22.0 Å². The topological polar surface area (TPSA) is 148 Å². The van der Waals surface area contributed by atoms with Crippen LogP contribution in [0.15, 0.2) is 24.8 Å². The van der Waals surface area contributed by atoms with Crippen LogP contribution in [0.5, 0.6) is 0 Å². The number of hydrogen-bond donors (Lipinski definition) is 2. The third kappa shape index (κ3) is 4.44. The van der Waals surface area contributed by atoms with Crippen LogP contribution in [0.1, 0.15) is 23.2 Å². The van der Waals surface area contributed by atoms with E-state index >= 15 is 0 Å². The summed E-state index contributed by atoms with van der Waals surface area (Å²) in [5.41, 5.74) is 5.94. The highest BCUT2D eigenvalue weighted by molar-refractivity contribution is 7.89. The normalized spacial score (nSPS) is 18.0. The molecule has 1 amide bonds. The smallest absolute Gasteiger partial charge is 0.263 e. The van der Waals surface area contributed by atoms with Gasteiger partial charge in [-0.1, -0.05) is 0 Å². The van der Waals surface area contributed by atoms with Crippen molar-refractivity contribution >= 4 is 38.8 Å². The number of fused-ring (bicyclic) bond motifs is 1. The van der Waals surface area contributed by atoms with E-state index in [0.717, 1.165) is 23.1 Å². The molecule has 2 aliphatic rings. The predicted molar refractivity (Wildman–Crippen MR) is 126 cm³/mol. The minimum absolute atomic E-state index is 0.0317. The second-order valence-electron chi connectivity index (χ2n) is 8.51. The Morgan fingerprint density at radius 1 is 1.11 bits per heavy atom. The van der Waals surface area contributed by atoms with Gasteiger partial charge < -0.3 is 20.7 Å². The minimum atomic E-state index is -3.49. The first-order valence-corrected chi connectivity index (χ1v) is 12.8. The maximum Gasteiger partial charge on any atom is 0.263 e. The zero-order valence-electron chi connectivity index (χ0n) is 19.1. The number of aromatic nitrogens is 4. The maximum absolute atomic E-state index is 14.9. The Balaban J connectivity index is 1.35. The molecule has 36 heavy (non-hydrogen) atoms. The molecule has 192 valence electrons. The lowest BCUT2D eigenvalue weighted by Crippen LogP contribution is -2.52.